The molecule has 162 valence electrons. The highest BCUT2D eigenvalue weighted by atomic mass is 16.5. The molecule has 0 amide bonds. The number of esters is 1. The van der Waals surface area contributed by atoms with E-state index in [9.17, 15) is 4.79 Å². The van der Waals surface area contributed by atoms with Crippen molar-refractivity contribution >= 4 is 18.1 Å². The van der Waals surface area contributed by atoms with Crippen molar-refractivity contribution in [1.82, 2.24) is 0 Å². The van der Waals surface area contributed by atoms with Crippen LogP contribution in [0, 0.1) is 6.92 Å². The highest BCUT2D eigenvalue weighted by molar-refractivity contribution is 5.73. The lowest BCUT2D eigenvalue weighted by atomic mass is 9.98. The monoisotopic (exact) mass is 398 g/mol. The fourth-order valence-electron chi connectivity index (χ4n) is 2.55. The van der Waals surface area contributed by atoms with Gasteiger partial charge in [0.05, 0.1) is 0 Å². The van der Waals surface area contributed by atoms with Crippen LogP contribution in [0.2, 0.25) is 0 Å². The molecule has 0 saturated heterocycles. The van der Waals surface area contributed by atoms with E-state index in [-0.39, 0.29) is 5.97 Å². The van der Waals surface area contributed by atoms with E-state index in [0.717, 1.165) is 17.5 Å². The molecule has 0 N–H and O–H groups in total. The lowest BCUT2D eigenvalue weighted by Gasteiger charge is -2.08. The lowest BCUT2D eigenvalue weighted by Crippen LogP contribution is -2.00. The van der Waals surface area contributed by atoms with Gasteiger partial charge in [0.2, 0.25) is 0 Å². The molecular weight excluding hydrogens is 356 g/mol. The third-order valence-corrected chi connectivity index (χ3v) is 3.73. The maximum atomic E-state index is 11.0. The predicted molar refractivity (Wildman–Crippen MR) is 130 cm³/mol. The average molecular weight is 399 g/mol. The van der Waals surface area contributed by atoms with Crippen LogP contribution >= 0.6 is 0 Å². The van der Waals surface area contributed by atoms with Gasteiger partial charge in [-0.1, -0.05) is 110 Å². The third kappa shape index (κ3) is 11.9. The number of benzene rings is 2. The van der Waals surface area contributed by atoms with E-state index in [2.05, 4.69) is 58.0 Å². The molecule has 0 fully saturated rings. The second-order valence-electron chi connectivity index (χ2n) is 6.02. The fourth-order valence-corrected chi connectivity index (χ4v) is 2.55. The Labute approximate surface area is 180 Å². The summed E-state index contributed by atoms with van der Waals surface area (Å²) in [5.74, 6) is -0.259. The predicted octanol–water partition coefficient (Wildman–Crippen LogP) is 8.26. The normalized spacial score (nSPS) is 9.28. The van der Waals surface area contributed by atoms with E-state index in [4.69, 9.17) is 4.74 Å². The Bertz CT molecular complexity index is 699. The average Bonchev–Trinajstić information content (AvgIpc) is 2.75. The number of hydrogen-bond donors (Lipinski definition) is 0. The number of aryl methyl sites for hydroxylation is 1. The van der Waals surface area contributed by atoms with Gasteiger partial charge < -0.3 is 4.74 Å². The van der Waals surface area contributed by atoms with Gasteiger partial charge >= 0.3 is 5.97 Å². The first kappa shape index (κ1) is 28.9. The van der Waals surface area contributed by atoms with E-state index in [1.54, 1.807) is 0 Å². The molecule has 2 rings (SSSR count). The quantitative estimate of drug-likeness (QED) is 0.374. The van der Waals surface area contributed by atoms with Gasteiger partial charge in [0.25, 0.3) is 0 Å². The van der Waals surface area contributed by atoms with E-state index >= 15 is 0 Å². The molecule has 0 bridgehead atoms. The fraction of sp³-hybridized carbons (Fsp3) is 0.444. The molecule has 0 aromatic heterocycles. The molecule has 0 radical (unpaired) electrons. The van der Waals surface area contributed by atoms with E-state index in [1.165, 1.54) is 30.0 Å². The largest absolute Gasteiger partial charge is 0.461 e. The molecule has 2 nitrogen and oxygen atoms in total. The topological polar surface area (TPSA) is 26.3 Å². The summed E-state index contributed by atoms with van der Waals surface area (Å²) in [6, 6.07) is 14.3. The first-order valence-electron chi connectivity index (χ1n) is 11.0. The molecule has 0 atom stereocenters. The molecule has 0 spiro atoms. The number of rotatable bonds is 5. The summed E-state index contributed by atoms with van der Waals surface area (Å²) in [5, 5.41) is 0. The minimum absolute atomic E-state index is 0.259. The number of carbonyl (C=O) groups is 1. The van der Waals surface area contributed by atoms with E-state index in [1.807, 2.05) is 52.0 Å². The Hall–Kier alpha value is -2.35. The van der Waals surface area contributed by atoms with Crippen LogP contribution < -0.4 is 0 Å². The van der Waals surface area contributed by atoms with Crippen molar-refractivity contribution in [2.45, 2.75) is 81.8 Å². The van der Waals surface area contributed by atoms with Gasteiger partial charge in [-0.3, -0.25) is 4.79 Å². The molecule has 2 aromatic carbocycles. The molecule has 2 aromatic rings. The number of hydrogen-bond acceptors (Lipinski definition) is 2. The van der Waals surface area contributed by atoms with Crippen LogP contribution in [-0.2, 0) is 22.6 Å². The Balaban J connectivity index is 0. The molecule has 0 heterocycles. The lowest BCUT2D eigenvalue weighted by molar-refractivity contribution is -0.142. The number of ether oxygens (including phenoxy) is 1. The maximum absolute atomic E-state index is 11.0. The molecule has 0 aliphatic rings. The second kappa shape index (κ2) is 19.0. The van der Waals surface area contributed by atoms with E-state index < -0.39 is 0 Å². The molecule has 0 saturated carbocycles. The summed E-state index contributed by atoms with van der Waals surface area (Å²) in [5.41, 5.74) is 6.02. The van der Waals surface area contributed by atoms with Crippen molar-refractivity contribution in [3.63, 3.8) is 0 Å². The Morgan fingerprint density at radius 1 is 0.862 bits per heavy atom. The summed E-state index contributed by atoms with van der Waals surface area (Å²) in [6.45, 7) is 18.3. The maximum Gasteiger partial charge on any atom is 0.302 e. The molecular formula is C27H42O2. The van der Waals surface area contributed by atoms with Crippen molar-refractivity contribution in [3.8, 4) is 0 Å². The Morgan fingerprint density at radius 3 is 1.93 bits per heavy atom. The van der Waals surface area contributed by atoms with Crippen LogP contribution in [0.15, 0.2) is 42.5 Å². The van der Waals surface area contributed by atoms with Crippen molar-refractivity contribution in [2.24, 2.45) is 0 Å². The Morgan fingerprint density at radius 2 is 1.38 bits per heavy atom. The summed E-state index contributed by atoms with van der Waals surface area (Å²) >= 11 is 0. The van der Waals surface area contributed by atoms with Crippen LogP contribution in [0.25, 0.3) is 12.2 Å². The van der Waals surface area contributed by atoms with Crippen LogP contribution in [0.4, 0.5) is 0 Å². The number of carbonyl (C=O) groups excluding carboxylic acids is 1. The molecule has 29 heavy (non-hydrogen) atoms. The van der Waals surface area contributed by atoms with Crippen LogP contribution in [0.1, 0.15) is 89.6 Å². The molecule has 0 unspecified atom stereocenters. The van der Waals surface area contributed by atoms with Gasteiger partial charge in [-0.05, 0) is 41.2 Å². The standard InChI is InChI=1S/C20H22O2.C3H8.2C2H6/c1-4-20-15(2)8-7-11-18(20)13-12-17-9-5-6-10-19(17)14-22-16(3)21;1-3-2;2*1-2/h5-13H,4,14H2,1-3H3;3H2,1-2H3;2*1-2H3/b13-12-;;;. The first-order chi connectivity index (χ1) is 14.0. The van der Waals surface area contributed by atoms with Crippen molar-refractivity contribution in [3.05, 3.63) is 70.3 Å². The van der Waals surface area contributed by atoms with Gasteiger partial charge in [0, 0.05) is 6.92 Å². The zero-order chi connectivity index (χ0) is 22.7. The smallest absolute Gasteiger partial charge is 0.302 e. The van der Waals surface area contributed by atoms with Crippen molar-refractivity contribution < 1.29 is 9.53 Å². The summed E-state index contributed by atoms with van der Waals surface area (Å²) in [7, 11) is 0. The van der Waals surface area contributed by atoms with E-state index in [0.29, 0.717) is 6.61 Å². The zero-order valence-corrected chi connectivity index (χ0v) is 20.1. The summed E-state index contributed by atoms with van der Waals surface area (Å²) in [6.07, 6.45) is 6.49. The highest BCUT2D eigenvalue weighted by Gasteiger charge is 2.03. The second-order valence-corrected chi connectivity index (χ2v) is 6.02. The summed E-state index contributed by atoms with van der Waals surface area (Å²) in [4.78, 5) is 11.0. The third-order valence-electron chi connectivity index (χ3n) is 3.73. The van der Waals surface area contributed by atoms with Crippen molar-refractivity contribution in [2.75, 3.05) is 0 Å². The Kier molecular flexibility index (Phi) is 18.9. The van der Waals surface area contributed by atoms with Gasteiger partial charge in [-0.2, -0.15) is 0 Å². The summed E-state index contributed by atoms with van der Waals surface area (Å²) < 4.78 is 5.11. The minimum Gasteiger partial charge on any atom is -0.461 e. The van der Waals surface area contributed by atoms with Crippen LogP contribution in [-0.4, -0.2) is 5.97 Å². The van der Waals surface area contributed by atoms with Crippen LogP contribution in [0.3, 0.4) is 0 Å². The van der Waals surface area contributed by atoms with Crippen molar-refractivity contribution in [1.29, 1.82) is 0 Å². The first-order valence-corrected chi connectivity index (χ1v) is 11.0. The minimum atomic E-state index is -0.259. The van der Waals surface area contributed by atoms with Gasteiger partial charge in [0.1, 0.15) is 6.61 Å². The molecule has 2 heteroatoms. The SMILES string of the molecule is CC.CC.CCC.CCc1c(C)cccc1/C=C\c1ccccc1COC(C)=O. The molecule has 0 aliphatic heterocycles. The van der Waals surface area contributed by atoms with Gasteiger partial charge in [0.15, 0.2) is 0 Å². The highest BCUT2D eigenvalue weighted by Crippen LogP contribution is 2.19. The van der Waals surface area contributed by atoms with Gasteiger partial charge in [-0.15, -0.1) is 0 Å². The van der Waals surface area contributed by atoms with Crippen LogP contribution in [0.5, 0.6) is 0 Å². The van der Waals surface area contributed by atoms with Gasteiger partial charge in [-0.25, -0.2) is 0 Å². The zero-order valence-electron chi connectivity index (χ0n) is 20.1. The molecule has 0 aliphatic carbocycles.